The molecule has 0 saturated carbocycles. The van der Waals surface area contributed by atoms with Crippen LogP contribution < -0.4 is 15.8 Å². The number of ether oxygens (including phenoxy) is 1. The molecule has 1 amide bonds. The molecule has 0 spiro atoms. The second-order valence-corrected chi connectivity index (χ2v) is 6.92. The number of aryl methyl sites for hydroxylation is 1. The Morgan fingerprint density at radius 2 is 2.22 bits per heavy atom. The zero-order valence-electron chi connectivity index (χ0n) is 14.9. The van der Waals surface area contributed by atoms with Gasteiger partial charge in [0.2, 0.25) is 5.91 Å². The fraction of sp³-hybridized carbons (Fsp3) is 0.286. The van der Waals surface area contributed by atoms with E-state index in [0.29, 0.717) is 18.6 Å². The molecule has 1 atom stereocenters. The van der Waals surface area contributed by atoms with Gasteiger partial charge in [-0.25, -0.2) is 4.39 Å². The number of primary amides is 1. The van der Waals surface area contributed by atoms with Crippen molar-refractivity contribution in [2.45, 2.75) is 25.3 Å². The molecule has 0 saturated heterocycles. The molecule has 5 nitrogen and oxygen atoms in total. The maximum Gasteiger partial charge on any atom is 0.249 e. The predicted molar refractivity (Wildman–Crippen MR) is 103 cm³/mol. The minimum Gasteiger partial charge on any atom is -0.492 e. The summed E-state index contributed by atoms with van der Waals surface area (Å²) < 4.78 is 19.2. The van der Waals surface area contributed by atoms with Crippen LogP contribution in [0.1, 0.15) is 27.9 Å². The van der Waals surface area contributed by atoms with Crippen LogP contribution in [0.15, 0.2) is 42.6 Å². The first-order chi connectivity index (χ1) is 13.1. The Labute approximate surface area is 156 Å². The van der Waals surface area contributed by atoms with E-state index in [1.165, 1.54) is 6.07 Å². The summed E-state index contributed by atoms with van der Waals surface area (Å²) in [6, 6.07) is 10.3. The van der Waals surface area contributed by atoms with E-state index in [1.54, 1.807) is 24.3 Å². The Hall–Kier alpha value is -2.86. The average molecular weight is 367 g/mol. The molecule has 0 radical (unpaired) electrons. The van der Waals surface area contributed by atoms with E-state index in [-0.39, 0.29) is 11.9 Å². The van der Waals surface area contributed by atoms with E-state index < -0.39 is 5.91 Å². The van der Waals surface area contributed by atoms with Gasteiger partial charge in [-0.3, -0.25) is 4.79 Å². The first-order valence-electron chi connectivity index (χ1n) is 9.15. The van der Waals surface area contributed by atoms with E-state index in [1.807, 2.05) is 12.3 Å². The number of benzene rings is 2. The zero-order valence-corrected chi connectivity index (χ0v) is 14.9. The number of fused-ring (bicyclic) bond motifs is 2. The lowest BCUT2D eigenvalue weighted by atomic mass is 9.96. The van der Waals surface area contributed by atoms with Crippen LogP contribution in [-0.4, -0.2) is 30.1 Å². The lowest BCUT2D eigenvalue weighted by Gasteiger charge is -2.27. The van der Waals surface area contributed by atoms with Crippen LogP contribution in [0.2, 0.25) is 0 Å². The highest BCUT2D eigenvalue weighted by molar-refractivity contribution is 5.95. The fourth-order valence-electron chi connectivity index (χ4n) is 3.71. The van der Waals surface area contributed by atoms with E-state index in [0.717, 1.165) is 47.2 Å². The van der Waals surface area contributed by atoms with Crippen molar-refractivity contribution in [1.82, 2.24) is 10.3 Å². The molecule has 4 N–H and O–H groups in total. The maximum atomic E-state index is 13.5. The van der Waals surface area contributed by atoms with Gasteiger partial charge in [-0.2, -0.15) is 0 Å². The summed E-state index contributed by atoms with van der Waals surface area (Å²) >= 11 is 0. The van der Waals surface area contributed by atoms with Crippen molar-refractivity contribution in [3.05, 3.63) is 65.1 Å². The van der Waals surface area contributed by atoms with Gasteiger partial charge in [-0.05, 0) is 61.7 Å². The molecule has 2 heterocycles. The lowest BCUT2D eigenvalue weighted by Crippen LogP contribution is -2.40. The van der Waals surface area contributed by atoms with Crippen molar-refractivity contribution in [2.24, 2.45) is 5.73 Å². The Morgan fingerprint density at radius 3 is 3.07 bits per heavy atom. The topological polar surface area (TPSA) is 80.1 Å². The van der Waals surface area contributed by atoms with Crippen molar-refractivity contribution < 1.29 is 13.9 Å². The number of aromatic nitrogens is 1. The van der Waals surface area contributed by atoms with Gasteiger partial charge in [-0.15, -0.1) is 0 Å². The summed E-state index contributed by atoms with van der Waals surface area (Å²) in [4.78, 5) is 14.8. The smallest absolute Gasteiger partial charge is 0.249 e. The van der Waals surface area contributed by atoms with Crippen molar-refractivity contribution in [2.75, 3.05) is 13.2 Å². The van der Waals surface area contributed by atoms with Gasteiger partial charge in [0.05, 0.1) is 0 Å². The summed E-state index contributed by atoms with van der Waals surface area (Å²) in [5.41, 5.74) is 8.95. The molecule has 140 valence electrons. The largest absolute Gasteiger partial charge is 0.492 e. The molecule has 27 heavy (non-hydrogen) atoms. The number of halogens is 1. The number of carbonyl (C=O) groups is 1. The number of amides is 1. The molecular formula is C21H22FN3O2. The molecule has 3 aromatic rings. The van der Waals surface area contributed by atoms with E-state index in [9.17, 15) is 9.18 Å². The number of nitrogens with two attached hydrogens (primary N) is 1. The molecule has 0 aliphatic carbocycles. The van der Waals surface area contributed by atoms with Gasteiger partial charge < -0.3 is 20.8 Å². The van der Waals surface area contributed by atoms with Gasteiger partial charge in [-0.1, -0.05) is 6.07 Å². The van der Waals surface area contributed by atoms with Gasteiger partial charge in [0.1, 0.15) is 18.2 Å². The average Bonchev–Trinajstić information content (AvgIpc) is 3.06. The fourth-order valence-corrected chi connectivity index (χ4v) is 3.71. The third-order valence-electron chi connectivity index (χ3n) is 5.07. The maximum absolute atomic E-state index is 13.5. The molecule has 1 aliphatic rings. The molecule has 4 rings (SSSR count). The van der Waals surface area contributed by atoms with E-state index >= 15 is 0 Å². The number of nitrogens with one attached hydrogen (secondary N) is 2. The highest BCUT2D eigenvalue weighted by Gasteiger charge is 2.23. The van der Waals surface area contributed by atoms with E-state index in [2.05, 4.69) is 10.3 Å². The third kappa shape index (κ3) is 3.66. The van der Waals surface area contributed by atoms with Gasteiger partial charge in [0.15, 0.2) is 0 Å². The number of hydrogen-bond donors (Lipinski definition) is 3. The molecule has 6 heteroatoms. The normalized spacial score (nSPS) is 16.1. The number of carbonyl (C=O) groups excluding carboxylic acids is 1. The zero-order chi connectivity index (χ0) is 18.8. The molecule has 2 aromatic carbocycles. The quantitative estimate of drug-likeness (QED) is 0.586. The Balaban J connectivity index is 1.34. The molecule has 1 aliphatic heterocycles. The molecular weight excluding hydrogens is 345 g/mol. The standard InChI is InChI=1S/C21H22FN3O2/c22-14-6-7-19-17(9-14)13(11-25-19)3-2-8-24-15-10-18-16(21(23)26)4-1-5-20(18)27-12-15/h1,4-7,9,11,15,24-25H,2-3,8,10,12H2,(H2,23,26)/t15-/m0/s1. The molecule has 1 aromatic heterocycles. The second-order valence-electron chi connectivity index (χ2n) is 6.92. The monoisotopic (exact) mass is 367 g/mol. The van der Waals surface area contributed by atoms with Gasteiger partial charge >= 0.3 is 0 Å². The summed E-state index contributed by atoms with van der Waals surface area (Å²) in [6.45, 7) is 1.37. The van der Waals surface area contributed by atoms with Crippen LogP contribution in [0, 0.1) is 5.82 Å². The van der Waals surface area contributed by atoms with Crippen LogP contribution >= 0.6 is 0 Å². The highest BCUT2D eigenvalue weighted by Crippen LogP contribution is 2.28. The first kappa shape index (κ1) is 17.5. The Kier molecular flexibility index (Phi) is 4.81. The predicted octanol–water partition coefficient (Wildman–Crippen LogP) is 2.93. The SMILES string of the molecule is NC(=O)c1cccc2c1C[C@H](NCCCc1c[nH]c3ccc(F)cc13)CO2. The van der Waals surface area contributed by atoms with Crippen molar-refractivity contribution in [3.63, 3.8) is 0 Å². The van der Waals surface area contributed by atoms with Crippen molar-refractivity contribution in [1.29, 1.82) is 0 Å². The van der Waals surface area contributed by atoms with E-state index in [4.69, 9.17) is 10.5 Å². The number of hydrogen-bond acceptors (Lipinski definition) is 3. The van der Waals surface area contributed by atoms with Crippen LogP contribution in [0.5, 0.6) is 5.75 Å². The number of aromatic amines is 1. The van der Waals surface area contributed by atoms with Crippen molar-refractivity contribution in [3.8, 4) is 5.75 Å². The molecule has 0 bridgehead atoms. The number of H-pyrrole nitrogens is 1. The van der Waals surface area contributed by atoms with Crippen LogP contribution in [0.25, 0.3) is 10.9 Å². The summed E-state index contributed by atoms with van der Waals surface area (Å²) in [6.07, 6.45) is 4.44. The summed E-state index contributed by atoms with van der Waals surface area (Å²) in [5.74, 6) is 0.0950. The van der Waals surface area contributed by atoms with Crippen LogP contribution in [0.3, 0.4) is 0 Å². The Bertz CT molecular complexity index is 983. The lowest BCUT2D eigenvalue weighted by molar-refractivity contribution is 0.0997. The van der Waals surface area contributed by atoms with Gasteiger partial charge in [0, 0.05) is 34.3 Å². The minimum atomic E-state index is -0.428. The summed E-state index contributed by atoms with van der Waals surface area (Å²) in [5, 5.41) is 4.43. The van der Waals surface area contributed by atoms with Gasteiger partial charge in [0.25, 0.3) is 0 Å². The van der Waals surface area contributed by atoms with Crippen molar-refractivity contribution >= 4 is 16.8 Å². The Morgan fingerprint density at radius 1 is 1.33 bits per heavy atom. The second kappa shape index (κ2) is 7.40. The third-order valence-corrected chi connectivity index (χ3v) is 5.07. The minimum absolute atomic E-state index is 0.137. The van der Waals surface area contributed by atoms with Crippen LogP contribution in [-0.2, 0) is 12.8 Å². The molecule has 0 fully saturated rings. The number of rotatable bonds is 6. The first-order valence-corrected chi connectivity index (χ1v) is 9.15. The highest BCUT2D eigenvalue weighted by atomic mass is 19.1. The van der Waals surface area contributed by atoms with Crippen LogP contribution in [0.4, 0.5) is 4.39 Å². The summed E-state index contributed by atoms with van der Waals surface area (Å²) in [7, 11) is 0. The molecule has 0 unspecified atom stereocenters.